The Labute approximate surface area is 156 Å². The van der Waals surface area contributed by atoms with Gasteiger partial charge >= 0.3 is 0 Å². The maximum Gasteiger partial charge on any atom is 0.258 e. The molecule has 1 N–H and O–H groups in total. The fraction of sp³-hybridized carbons (Fsp3) is 0.235. The number of hydrogen-bond donors (Lipinski definition) is 2. The van der Waals surface area contributed by atoms with Crippen LogP contribution >= 0.6 is 11.6 Å². The standard InChI is InChI=1S/C17H16ClFN2O4S/c18-15-6-3-13(7-16(15)19)25-10-17(22)20-11-8-21(9-11)12-1-4-14(5-2-12)26(23)24/h1-7,11,26H,8-10H2,(H,20,22). The van der Waals surface area contributed by atoms with Gasteiger partial charge in [-0.2, -0.15) is 0 Å². The molecule has 9 heteroatoms. The lowest BCUT2D eigenvalue weighted by atomic mass is 10.1. The highest BCUT2D eigenvalue weighted by Crippen LogP contribution is 2.22. The first-order valence-electron chi connectivity index (χ1n) is 7.79. The van der Waals surface area contributed by atoms with Crippen molar-refractivity contribution in [3.05, 3.63) is 53.3 Å². The van der Waals surface area contributed by atoms with E-state index in [1.165, 1.54) is 12.1 Å². The average molecular weight is 399 g/mol. The maximum atomic E-state index is 13.3. The molecule has 0 spiro atoms. The summed E-state index contributed by atoms with van der Waals surface area (Å²) in [6.45, 7) is 1.01. The monoisotopic (exact) mass is 398 g/mol. The van der Waals surface area contributed by atoms with Crippen molar-refractivity contribution < 1.29 is 22.3 Å². The minimum absolute atomic E-state index is 0.00786. The summed E-state index contributed by atoms with van der Waals surface area (Å²) in [6.07, 6.45) is 0. The van der Waals surface area contributed by atoms with Gasteiger partial charge in [0.2, 0.25) is 0 Å². The number of rotatable bonds is 6. The van der Waals surface area contributed by atoms with Gasteiger partial charge in [0, 0.05) is 24.8 Å². The van der Waals surface area contributed by atoms with Crippen LogP contribution in [0, 0.1) is 5.82 Å². The summed E-state index contributed by atoms with van der Waals surface area (Å²) in [5.74, 6) is -0.676. The minimum Gasteiger partial charge on any atom is -0.484 e. The van der Waals surface area contributed by atoms with E-state index >= 15 is 0 Å². The molecular formula is C17H16ClFN2O4S. The van der Waals surface area contributed by atoms with Crippen LogP contribution in [-0.2, 0) is 15.5 Å². The minimum atomic E-state index is -2.58. The third-order valence-corrected chi connectivity index (χ3v) is 4.96. The average Bonchev–Trinajstić information content (AvgIpc) is 2.59. The van der Waals surface area contributed by atoms with Crippen LogP contribution < -0.4 is 15.0 Å². The van der Waals surface area contributed by atoms with Gasteiger partial charge in [0.05, 0.1) is 16.0 Å². The van der Waals surface area contributed by atoms with Crippen molar-refractivity contribution in [2.75, 3.05) is 24.6 Å². The van der Waals surface area contributed by atoms with Crippen LogP contribution in [0.5, 0.6) is 5.75 Å². The molecule has 1 aliphatic heterocycles. The van der Waals surface area contributed by atoms with Crippen LogP contribution in [0.25, 0.3) is 0 Å². The molecule has 138 valence electrons. The number of hydrogen-bond acceptors (Lipinski definition) is 5. The molecule has 1 heterocycles. The lowest BCUT2D eigenvalue weighted by molar-refractivity contribution is -0.124. The van der Waals surface area contributed by atoms with E-state index in [4.69, 9.17) is 16.3 Å². The highest BCUT2D eigenvalue weighted by Gasteiger charge is 2.28. The Hall–Kier alpha value is -2.32. The zero-order valence-electron chi connectivity index (χ0n) is 13.5. The molecule has 0 bridgehead atoms. The molecule has 1 saturated heterocycles. The van der Waals surface area contributed by atoms with E-state index in [2.05, 4.69) is 5.32 Å². The molecule has 1 aliphatic rings. The van der Waals surface area contributed by atoms with Crippen LogP contribution in [0.1, 0.15) is 0 Å². The summed E-state index contributed by atoms with van der Waals surface area (Å²) in [5, 5.41) is 2.81. The second-order valence-electron chi connectivity index (χ2n) is 5.81. The Morgan fingerprint density at radius 3 is 2.54 bits per heavy atom. The predicted molar refractivity (Wildman–Crippen MR) is 96.1 cm³/mol. The highest BCUT2D eigenvalue weighted by atomic mass is 35.5. The summed E-state index contributed by atoms with van der Waals surface area (Å²) < 4.78 is 40.3. The smallest absolute Gasteiger partial charge is 0.258 e. The number of thiol groups is 1. The third kappa shape index (κ3) is 4.44. The molecule has 0 atom stereocenters. The summed E-state index contributed by atoms with van der Waals surface area (Å²) in [7, 11) is -2.58. The summed E-state index contributed by atoms with van der Waals surface area (Å²) in [5.41, 5.74) is 0.893. The van der Waals surface area contributed by atoms with Gasteiger partial charge in [0.15, 0.2) is 17.3 Å². The van der Waals surface area contributed by atoms with Crippen LogP contribution in [0.4, 0.5) is 10.1 Å². The molecule has 6 nitrogen and oxygen atoms in total. The molecular weight excluding hydrogens is 383 g/mol. The number of halogens is 2. The quantitative estimate of drug-likeness (QED) is 0.726. The molecule has 0 saturated carbocycles. The Kier molecular flexibility index (Phi) is 5.63. The normalized spacial score (nSPS) is 14.2. The first-order chi connectivity index (χ1) is 12.4. The van der Waals surface area contributed by atoms with Crippen molar-refractivity contribution in [1.29, 1.82) is 0 Å². The number of amides is 1. The molecule has 0 aromatic heterocycles. The number of nitrogens with one attached hydrogen (secondary N) is 1. The van der Waals surface area contributed by atoms with E-state index < -0.39 is 16.5 Å². The lowest BCUT2D eigenvalue weighted by Crippen LogP contribution is -2.60. The Morgan fingerprint density at radius 1 is 1.23 bits per heavy atom. The topological polar surface area (TPSA) is 75.7 Å². The van der Waals surface area contributed by atoms with Crippen molar-refractivity contribution in [2.24, 2.45) is 0 Å². The summed E-state index contributed by atoms with van der Waals surface area (Å²) >= 11 is 5.58. The number of anilines is 1. The van der Waals surface area contributed by atoms with Gasteiger partial charge in [-0.1, -0.05) is 11.6 Å². The summed E-state index contributed by atoms with van der Waals surface area (Å²) in [6, 6.07) is 10.5. The van der Waals surface area contributed by atoms with E-state index in [0.29, 0.717) is 13.1 Å². The zero-order valence-corrected chi connectivity index (χ0v) is 15.2. The molecule has 2 aromatic rings. The molecule has 0 aliphatic carbocycles. The molecule has 2 aromatic carbocycles. The second-order valence-corrected chi connectivity index (χ2v) is 7.25. The van der Waals surface area contributed by atoms with Gasteiger partial charge in [-0.3, -0.25) is 4.79 Å². The van der Waals surface area contributed by atoms with Crippen LogP contribution in [-0.4, -0.2) is 40.1 Å². The molecule has 3 rings (SSSR count). The van der Waals surface area contributed by atoms with Gasteiger partial charge in [0.25, 0.3) is 5.91 Å². The Morgan fingerprint density at radius 2 is 1.92 bits per heavy atom. The first-order valence-corrected chi connectivity index (χ1v) is 9.34. The van der Waals surface area contributed by atoms with E-state index in [0.717, 1.165) is 11.8 Å². The molecule has 1 fully saturated rings. The van der Waals surface area contributed by atoms with E-state index in [1.807, 2.05) is 4.90 Å². The van der Waals surface area contributed by atoms with Gasteiger partial charge in [-0.05, 0) is 36.4 Å². The van der Waals surface area contributed by atoms with Gasteiger partial charge < -0.3 is 15.0 Å². The van der Waals surface area contributed by atoms with Crippen LogP contribution in [0.15, 0.2) is 47.4 Å². The van der Waals surface area contributed by atoms with Crippen molar-refractivity contribution in [2.45, 2.75) is 10.9 Å². The SMILES string of the molecule is O=C(COc1ccc(Cl)c(F)c1)NC1CN(c2ccc([SH](=O)=O)cc2)C1. The summed E-state index contributed by atoms with van der Waals surface area (Å²) in [4.78, 5) is 14.2. The van der Waals surface area contributed by atoms with Gasteiger partial charge in [-0.25, -0.2) is 12.8 Å². The third-order valence-electron chi connectivity index (χ3n) is 3.93. The van der Waals surface area contributed by atoms with Gasteiger partial charge in [0.1, 0.15) is 11.6 Å². The van der Waals surface area contributed by atoms with E-state index in [1.54, 1.807) is 24.3 Å². The number of carbonyl (C=O) groups excluding carboxylic acids is 1. The Bertz CT molecular complexity index is 875. The molecule has 1 amide bonds. The van der Waals surface area contributed by atoms with Crippen molar-refractivity contribution in [1.82, 2.24) is 5.32 Å². The second kappa shape index (κ2) is 7.92. The number of carbonyl (C=O) groups is 1. The number of ether oxygens (including phenoxy) is 1. The molecule has 26 heavy (non-hydrogen) atoms. The van der Waals surface area contributed by atoms with Crippen LogP contribution in [0.2, 0.25) is 5.02 Å². The predicted octanol–water partition coefficient (Wildman–Crippen LogP) is 1.83. The fourth-order valence-electron chi connectivity index (χ4n) is 2.55. The molecule has 0 radical (unpaired) electrons. The fourth-order valence-corrected chi connectivity index (χ4v) is 3.06. The van der Waals surface area contributed by atoms with Crippen LogP contribution in [0.3, 0.4) is 0 Å². The Balaban J connectivity index is 1.43. The zero-order chi connectivity index (χ0) is 18.7. The van der Waals surface area contributed by atoms with Crippen molar-refractivity contribution in [3.63, 3.8) is 0 Å². The largest absolute Gasteiger partial charge is 0.484 e. The lowest BCUT2D eigenvalue weighted by Gasteiger charge is -2.41. The van der Waals surface area contributed by atoms with Crippen molar-refractivity contribution >= 4 is 33.9 Å². The highest BCUT2D eigenvalue weighted by molar-refractivity contribution is 7.72. The van der Waals surface area contributed by atoms with Crippen molar-refractivity contribution in [3.8, 4) is 5.75 Å². The number of benzene rings is 2. The van der Waals surface area contributed by atoms with Gasteiger partial charge in [-0.15, -0.1) is 0 Å². The first kappa shape index (κ1) is 18.5. The molecule has 0 unspecified atom stereocenters. The van der Waals surface area contributed by atoms with E-state index in [-0.39, 0.29) is 34.2 Å². The maximum absolute atomic E-state index is 13.3. The number of nitrogens with zero attached hydrogens (tertiary/aromatic N) is 1. The van der Waals surface area contributed by atoms with E-state index in [9.17, 15) is 17.6 Å².